The Kier molecular flexibility index (Phi) is 4.64. The van der Waals surface area contributed by atoms with Gasteiger partial charge in [-0.1, -0.05) is 15.9 Å². The fourth-order valence-electron chi connectivity index (χ4n) is 1.35. The maximum atomic E-state index is 13.1. The number of halogens is 2. The topological polar surface area (TPSA) is 43.1 Å². The Bertz CT molecular complexity index is 383. The SMILES string of the molecule is CC(C)(N)CS(=O)Cc1cc(F)cc(Br)c1. The minimum Gasteiger partial charge on any atom is -0.325 e. The molecular formula is C11H15BrFNOS. The van der Waals surface area contributed by atoms with Crippen LogP contribution in [0.5, 0.6) is 0 Å². The van der Waals surface area contributed by atoms with E-state index in [0.717, 1.165) is 5.56 Å². The van der Waals surface area contributed by atoms with Crippen LogP contribution in [0.25, 0.3) is 0 Å². The number of benzene rings is 1. The Morgan fingerprint density at radius 1 is 1.44 bits per heavy atom. The Hall–Kier alpha value is -0.260. The first-order chi connectivity index (χ1) is 7.26. The van der Waals surface area contributed by atoms with E-state index in [2.05, 4.69) is 15.9 Å². The lowest BCUT2D eigenvalue weighted by Crippen LogP contribution is -2.38. The maximum absolute atomic E-state index is 13.1. The highest BCUT2D eigenvalue weighted by molar-refractivity contribution is 9.10. The first-order valence-electron chi connectivity index (χ1n) is 4.85. The van der Waals surface area contributed by atoms with Crippen LogP contribution in [0.1, 0.15) is 19.4 Å². The van der Waals surface area contributed by atoms with Gasteiger partial charge < -0.3 is 5.73 Å². The smallest absolute Gasteiger partial charge is 0.124 e. The summed E-state index contributed by atoms with van der Waals surface area (Å²) in [6.45, 7) is 3.65. The lowest BCUT2D eigenvalue weighted by atomic mass is 10.1. The minimum absolute atomic E-state index is 0.326. The first-order valence-corrected chi connectivity index (χ1v) is 7.13. The Morgan fingerprint density at radius 2 is 2.06 bits per heavy atom. The van der Waals surface area contributed by atoms with Gasteiger partial charge in [0.2, 0.25) is 0 Å². The fraction of sp³-hybridized carbons (Fsp3) is 0.455. The zero-order valence-electron chi connectivity index (χ0n) is 9.30. The van der Waals surface area contributed by atoms with E-state index in [-0.39, 0.29) is 5.82 Å². The summed E-state index contributed by atoms with van der Waals surface area (Å²) in [6, 6.07) is 4.54. The van der Waals surface area contributed by atoms with E-state index >= 15 is 0 Å². The summed E-state index contributed by atoms with van der Waals surface area (Å²) in [6.07, 6.45) is 0. The van der Waals surface area contributed by atoms with Crippen molar-refractivity contribution in [2.75, 3.05) is 5.75 Å². The molecule has 0 amide bonds. The quantitative estimate of drug-likeness (QED) is 0.929. The van der Waals surface area contributed by atoms with Crippen molar-refractivity contribution in [2.45, 2.75) is 25.1 Å². The van der Waals surface area contributed by atoms with Crippen LogP contribution in [-0.2, 0) is 16.6 Å². The molecule has 2 nitrogen and oxygen atoms in total. The molecule has 0 fully saturated rings. The Labute approximate surface area is 106 Å². The summed E-state index contributed by atoms with van der Waals surface area (Å²) in [5, 5.41) is 0. The van der Waals surface area contributed by atoms with Crippen molar-refractivity contribution in [1.29, 1.82) is 0 Å². The van der Waals surface area contributed by atoms with Gasteiger partial charge in [0.15, 0.2) is 0 Å². The normalized spacial score (nSPS) is 13.8. The molecule has 0 aliphatic heterocycles. The van der Waals surface area contributed by atoms with Crippen molar-refractivity contribution in [2.24, 2.45) is 5.73 Å². The van der Waals surface area contributed by atoms with Gasteiger partial charge in [-0.25, -0.2) is 4.39 Å². The molecule has 0 aromatic heterocycles. The van der Waals surface area contributed by atoms with Gasteiger partial charge in [0.1, 0.15) is 5.82 Å². The average molecular weight is 308 g/mol. The van der Waals surface area contributed by atoms with Crippen molar-refractivity contribution >= 4 is 26.7 Å². The molecule has 0 aliphatic rings. The second-order valence-corrected chi connectivity index (χ2v) is 6.87. The van der Waals surface area contributed by atoms with Crippen LogP contribution in [0, 0.1) is 5.82 Å². The maximum Gasteiger partial charge on any atom is 0.124 e. The summed E-state index contributed by atoms with van der Waals surface area (Å²) < 4.78 is 25.5. The second kappa shape index (κ2) is 5.38. The molecule has 2 N–H and O–H groups in total. The van der Waals surface area contributed by atoms with Gasteiger partial charge in [-0.05, 0) is 37.6 Å². The molecule has 1 atom stereocenters. The highest BCUT2D eigenvalue weighted by atomic mass is 79.9. The van der Waals surface area contributed by atoms with Crippen LogP contribution in [0.2, 0.25) is 0 Å². The molecule has 0 saturated carbocycles. The van der Waals surface area contributed by atoms with E-state index in [0.29, 0.717) is 16.0 Å². The molecule has 1 rings (SSSR count). The molecule has 1 aromatic rings. The van der Waals surface area contributed by atoms with Crippen molar-refractivity contribution < 1.29 is 8.60 Å². The lowest BCUT2D eigenvalue weighted by molar-refractivity contribution is 0.577. The zero-order chi connectivity index (χ0) is 12.3. The van der Waals surface area contributed by atoms with Crippen molar-refractivity contribution in [1.82, 2.24) is 0 Å². The molecule has 16 heavy (non-hydrogen) atoms. The molecule has 5 heteroatoms. The molecular weight excluding hydrogens is 293 g/mol. The summed E-state index contributed by atoms with van der Waals surface area (Å²) in [5.74, 6) is 0.409. The average Bonchev–Trinajstić information content (AvgIpc) is 1.96. The van der Waals surface area contributed by atoms with Crippen molar-refractivity contribution in [3.63, 3.8) is 0 Å². The van der Waals surface area contributed by atoms with Crippen molar-refractivity contribution in [3.05, 3.63) is 34.1 Å². The summed E-state index contributed by atoms with van der Waals surface area (Å²) in [4.78, 5) is 0. The van der Waals surface area contributed by atoms with E-state index in [4.69, 9.17) is 5.73 Å². The Morgan fingerprint density at radius 3 is 2.56 bits per heavy atom. The molecule has 0 heterocycles. The minimum atomic E-state index is -1.07. The molecule has 0 bridgehead atoms. The highest BCUT2D eigenvalue weighted by Gasteiger charge is 2.15. The lowest BCUT2D eigenvalue weighted by Gasteiger charge is -2.17. The predicted octanol–water partition coefficient (Wildman–Crippen LogP) is 2.57. The van der Waals surface area contributed by atoms with Crippen molar-refractivity contribution in [3.8, 4) is 0 Å². The van der Waals surface area contributed by atoms with Gasteiger partial charge in [-0.2, -0.15) is 0 Å². The third-order valence-electron chi connectivity index (χ3n) is 1.78. The van der Waals surface area contributed by atoms with Crippen LogP contribution in [-0.4, -0.2) is 15.5 Å². The Balaban J connectivity index is 2.70. The van der Waals surface area contributed by atoms with E-state index in [1.54, 1.807) is 6.07 Å². The van der Waals surface area contributed by atoms with Gasteiger partial charge in [-0.15, -0.1) is 0 Å². The molecule has 0 saturated heterocycles. The molecule has 0 radical (unpaired) electrons. The van der Waals surface area contributed by atoms with Crippen LogP contribution in [0.3, 0.4) is 0 Å². The van der Waals surface area contributed by atoms with E-state index < -0.39 is 16.3 Å². The van der Waals surface area contributed by atoms with E-state index in [9.17, 15) is 8.60 Å². The molecule has 1 unspecified atom stereocenters. The van der Waals surface area contributed by atoms with Gasteiger partial charge >= 0.3 is 0 Å². The summed E-state index contributed by atoms with van der Waals surface area (Å²) in [5.41, 5.74) is 6.03. The molecule has 0 aliphatic carbocycles. The van der Waals surface area contributed by atoms with Gasteiger partial charge in [-0.3, -0.25) is 4.21 Å². The monoisotopic (exact) mass is 307 g/mol. The summed E-state index contributed by atoms with van der Waals surface area (Å²) in [7, 11) is -1.07. The molecule has 0 spiro atoms. The number of rotatable bonds is 4. The number of hydrogen-bond donors (Lipinski definition) is 1. The summed E-state index contributed by atoms with van der Waals surface area (Å²) >= 11 is 3.20. The van der Waals surface area contributed by atoms with Crippen LogP contribution in [0.4, 0.5) is 4.39 Å². The molecule has 90 valence electrons. The van der Waals surface area contributed by atoms with Crippen LogP contribution in [0.15, 0.2) is 22.7 Å². The van der Waals surface area contributed by atoms with Gasteiger partial charge in [0.25, 0.3) is 0 Å². The first kappa shape index (κ1) is 13.8. The standard InChI is InChI=1S/C11H15BrFNOS/c1-11(2,14)7-16(15)6-8-3-9(12)5-10(13)4-8/h3-5H,6-7,14H2,1-2H3. The van der Waals surface area contributed by atoms with Crippen LogP contribution < -0.4 is 5.73 Å². The van der Waals surface area contributed by atoms with E-state index in [1.807, 2.05) is 13.8 Å². The van der Waals surface area contributed by atoms with Gasteiger partial charge in [0.05, 0.1) is 0 Å². The molecule has 1 aromatic carbocycles. The van der Waals surface area contributed by atoms with Gasteiger partial charge in [0, 0.05) is 32.3 Å². The zero-order valence-corrected chi connectivity index (χ0v) is 11.7. The number of hydrogen-bond acceptors (Lipinski definition) is 2. The van der Waals surface area contributed by atoms with Crippen LogP contribution >= 0.6 is 15.9 Å². The fourth-order valence-corrected chi connectivity index (χ4v) is 3.33. The highest BCUT2D eigenvalue weighted by Crippen LogP contribution is 2.16. The van der Waals surface area contributed by atoms with E-state index in [1.165, 1.54) is 12.1 Å². The predicted molar refractivity (Wildman–Crippen MR) is 69.1 cm³/mol. The largest absolute Gasteiger partial charge is 0.325 e. The third kappa shape index (κ3) is 5.18. The third-order valence-corrected chi connectivity index (χ3v) is 3.96. The second-order valence-electron chi connectivity index (χ2n) is 4.49. The number of nitrogens with two attached hydrogens (primary N) is 1.